The van der Waals surface area contributed by atoms with Crippen LogP contribution in [0.3, 0.4) is 0 Å². The molecule has 1 atom stereocenters. The van der Waals surface area contributed by atoms with Crippen molar-refractivity contribution in [1.29, 1.82) is 0 Å². The van der Waals surface area contributed by atoms with Crippen molar-refractivity contribution in [3.8, 4) is 0 Å². The van der Waals surface area contributed by atoms with Crippen LogP contribution in [0, 0.1) is 5.92 Å². The highest BCUT2D eigenvalue weighted by atomic mass is 79.9. The zero-order chi connectivity index (χ0) is 12.0. The molecule has 0 aliphatic heterocycles. The first kappa shape index (κ1) is 13.9. The lowest BCUT2D eigenvalue weighted by molar-refractivity contribution is 0.0957. The molecule has 3 heteroatoms. The van der Waals surface area contributed by atoms with Crippen molar-refractivity contribution < 1.29 is 4.79 Å². The Balaban J connectivity index is 2.48. The minimum Gasteiger partial charge on any atom is -0.294 e. The summed E-state index contributed by atoms with van der Waals surface area (Å²) in [7, 11) is 0. The summed E-state index contributed by atoms with van der Waals surface area (Å²) < 4.78 is 1.04. The highest BCUT2D eigenvalue weighted by molar-refractivity contribution is 9.11. The SMILES string of the molecule is CCCCC(CC)CC(=O)c1csc(Br)c1. The number of halogens is 1. The van der Waals surface area contributed by atoms with E-state index in [1.165, 1.54) is 19.3 Å². The van der Waals surface area contributed by atoms with Gasteiger partial charge in [-0.25, -0.2) is 0 Å². The normalized spacial score (nSPS) is 12.7. The number of ketones is 1. The van der Waals surface area contributed by atoms with E-state index in [1.54, 1.807) is 11.3 Å². The number of unbranched alkanes of at least 4 members (excludes halogenated alkanes) is 1. The Kier molecular flexibility index (Phi) is 6.29. The molecular formula is C13H19BrOS. The van der Waals surface area contributed by atoms with Crippen LogP contribution < -0.4 is 0 Å². The molecule has 0 bridgehead atoms. The summed E-state index contributed by atoms with van der Waals surface area (Å²) in [5, 5.41) is 1.94. The highest BCUT2D eigenvalue weighted by Crippen LogP contribution is 2.24. The van der Waals surface area contributed by atoms with Crippen LogP contribution in [0.1, 0.15) is 56.3 Å². The molecule has 0 spiro atoms. The standard InChI is InChI=1S/C13H19BrOS/c1-3-5-6-10(4-2)7-12(15)11-8-13(14)16-9-11/h8-10H,3-7H2,1-2H3. The van der Waals surface area contributed by atoms with Gasteiger partial charge < -0.3 is 0 Å². The Labute approximate surface area is 110 Å². The number of Topliss-reactive ketones (excluding diaryl/α,β-unsaturated/α-hetero) is 1. The van der Waals surface area contributed by atoms with Gasteiger partial charge in [0.15, 0.2) is 5.78 Å². The Hall–Kier alpha value is -0.150. The molecule has 1 rings (SSSR count). The van der Waals surface area contributed by atoms with Gasteiger partial charge in [0.05, 0.1) is 3.79 Å². The third-order valence-electron chi connectivity index (χ3n) is 2.91. The molecule has 16 heavy (non-hydrogen) atoms. The molecule has 1 aromatic rings. The zero-order valence-electron chi connectivity index (χ0n) is 9.96. The second-order valence-electron chi connectivity index (χ2n) is 4.18. The van der Waals surface area contributed by atoms with Gasteiger partial charge in [0.1, 0.15) is 0 Å². The van der Waals surface area contributed by atoms with Crippen molar-refractivity contribution in [2.45, 2.75) is 46.0 Å². The molecule has 90 valence electrons. The fraction of sp³-hybridized carbons (Fsp3) is 0.615. The average molecular weight is 303 g/mol. The Morgan fingerprint density at radius 1 is 1.50 bits per heavy atom. The largest absolute Gasteiger partial charge is 0.294 e. The molecule has 0 aliphatic rings. The first-order valence-corrected chi connectivity index (χ1v) is 7.61. The van der Waals surface area contributed by atoms with Gasteiger partial charge in [-0.1, -0.05) is 39.5 Å². The van der Waals surface area contributed by atoms with Gasteiger partial charge >= 0.3 is 0 Å². The molecule has 0 fully saturated rings. The van der Waals surface area contributed by atoms with E-state index in [4.69, 9.17) is 0 Å². The van der Waals surface area contributed by atoms with Crippen LogP contribution >= 0.6 is 27.3 Å². The maximum atomic E-state index is 12.0. The Morgan fingerprint density at radius 2 is 2.25 bits per heavy atom. The van der Waals surface area contributed by atoms with Gasteiger partial charge in [0.25, 0.3) is 0 Å². The van der Waals surface area contributed by atoms with Gasteiger partial charge in [0.2, 0.25) is 0 Å². The molecule has 0 radical (unpaired) electrons. The van der Waals surface area contributed by atoms with E-state index in [0.717, 1.165) is 15.8 Å². The fourth-order valence-corrected chi connectivity index (χ4v) is 2.94. The van der Waals surface area contributed by atoms with Crippen LogP contribution in [0.5, 0.6) is 0 Å². The van der Waals surface area contributed by atoms with Crippen molar-refractivity contribution in [3.63, 3.8) is 0 Å². The minimum absolute atomic E-state index is 0.296. The first-order chi connectivity index (χ1) is 7.67. The van der Waals surface area contributed by atoms with Crippen LogP contribution in [0.2, 0.25) is 0 Å². The number of rotatable bonds is 7. The number of carbonyl (C=O) groups is 1. The van der Waals surface area contributed by atoms with Crippen molar-refractivity contribution in [3.05, 3.63) is 20.8 Å². The molecule has 0 aromatic carbocycles. The lowest BCUT2D eigenvalue weighted by Crippen LogP contribution is -2.07. The van der Waals surface area contributed by atoms with Crippen molar-refractivity contribution in [2.24, 2.45) is 5.92 Å². The van der Waals surface area contributed by atoms with E-state index in [9.17, 15) is 4.79 Å². The van der Waals surface area contributed by atoms with E-state index in [-0.39, 0.29) is 0 Å². The summed E-state index contributed by atoms with van der Waals surface area (Å²) in [6.07, 6.45) is 5.45. The first-order valence-electron chi connectivity index (χ1n) is 5.94. The van der Waals surface area contributed by atoms with Gasteiger partial charge in [-0.05, 0) is 27.9 Å². The van der Waals surface area contributed by atoms with Gasteiger partial charge in [0, 0.05) is 17.4 Å². The predicted molar refractivity (Wildman–Crippen MR) is 74.3 cm³/mol. The molecular weight excluding hydrogens is 284 g/mol. The Morgan fingerprint density at radius 3 is 2.75 bits per heavy atom. The molecule has 1 unspecified atom stereocenters. The smallest absolute Gasteiger partial charge is 0.164 e. The lowest BCUT2D eigenvalue weighted by Gasteiger charge is -2.12. The van der Waals surface area contributed by atoms with Crippen LogP contribution in [0.4, 0.5) is 0 Å². The predicted octanol–water partition coefficient (Wildman–Crippen LogP) is 5.30. The van der Waals surface area contributed by atoms with Crippen molar-refractivity contribution in [2.75, 3.05) is 0 Å². The Bertz CT molecular complexity index is 332. The van der Waals surface area contributed by atoms with E-state index in [0.29, 0.717) is 18.1 Å². The quantitative estimate of drug-likeness (QED) is 0.625. The van der Waals surface area contributed by atoms with Gasteiger partial charge in [-0.15, -0.1) is 11.3 Å². The molecule has 1 aromatic heterocycles. The topological polar surface area (TPSA) is 17.1 Å². The van der Waals surface area contributed by atoms with Crippen molar-refractivity contribution >= 4 is 33.0 Å². The zero-order valence-corrected chi connectivity index (χ0v) is 12.4. The van der Waals surface area contributed by atoms with Gasteiger partial charge in [-0.3, -0.25) is 4.79 Å². The van der Waals surface area contributed by atoms with Crippen LogP contribution in [-0.4, -0.2) is 5.78 Å². The number of hydrogen-bond donors (Lipinski definition) is 0. The second-order valence-corrected chi connectivity index (χ2v) is 6.47. The molecule has 0 saturated carbocycles. The fourth-order valence-electron chi connectivity index (χ4n) is 1.78. The second kappa shape index (κ2) is 7.23. The number of thiophene rings is 1. The van der Waals surface area contributed by atoms with Gasteiger partial charge in [-0.2, -0.15) is 0 Å². The molecule has 1 nitrogen and oxygen atoms in total. The van der Waals surface area contributed by atoms with Crippen LogP contribution in [0.25, 0.3) is 0 Å². The maximum Gasteiger partial charge on any atom is 0.164 e. The van der Waals surface area contributed by atoms with Crippen LogP contribution in [-0.2, 0) is 0 Å². The highest BCUT2D eigenvalue weighted by Gasteiger charge is 2.14. The van der Waals surface area contributed by atoms with E-state index in [1.807, 2.05) is 11.4 Å². The van der Waals surface area contributed by atoms with Crippen molar-refractivity contribution in [1.82, 2.24) is 0 Å². The molecule has 0 aliphatic carbocycles. The molecule has 1 heterocycles. The summed E-state index contributed by atoms with van der Waals surface area (Å²) >= 11 is 4.97. The van der Waals surface area contributed by atoms with Crippen LogP contribution in [0.15, 0.2) is 15.2 Å². The monoisotopic (exact) mass is 302 g/mol. The maximum absolute atomic E-state index is 12.0. The number of hydrogen-bond acceptors (Lipinski definition) is 2. The summed E-state index contributed by atoms with van der Waals surface area (Å²) in [6.45, 7) is 4.38. The summed E-state index contributed by atoms with van der Waals surface area (Å²) in [6, 6.07) is 1.93. The third kappa shape index (κ3) is 4.38. The summed E-state index contributed by atoms with van der Waals surface area (Å²) in [5.74, 6) is 0.857. The summed E-state index contributed by atoms with van der Waals surface area (Å²) in [5.41, 5.74) is 0.867. The lowest BCUT2D eigenvalue weighted by atomic mass is 9.92. The average Bonchev–Trinajstić information content (AvgIpc) is 2.70. The molecule has 0 amide bonds. The third-order valence-corrected chi connectivity index (χ3v) is 4.41. The van der Waals surface area contributed by atoms with E-state index < -0.39 is 0 Å². The summed E-state index contributed by atoms with van der Waals surface area (Å²) in [4.78, 5) is 12.0. The molecule has 0 N–H and O–H groups in total. The number of carbonyl (C=O) groups excluding carboxylic acids is 1. The minimum atomic E-state index is 0.296. The van der Waals surface area contributed by atoms with E-state index in [2.05, 4.69) is 29.8 Å². The van der Waals surface area contributed by atoms with E-state index >= 15 is 0 Å². The molecule has 0 saturated heterocycles.